The van der Waals surface area contributed by atoms with Gasteiger partial charge in [0.05, 0.1) is 0 Å². The fourth-order valence-electron chi connectivity index (χ4n) is 0.750. The molecule has 0 saturated carbocycles. The standard InChI is InChI=1S/C8H18INO/c1-6(2)7(3)5-8(11)10(4)9/h6-8,11H,5H2,1-4H3/t7?,8-/m0/s1. The minimum absolute atomic E-state index is 0.298. The first kappa shape index (κ1) is 11.6. The molecule has 0 heterocycles. The fourth-order valence-corrected chi connectivity index (χ4v) is 0.977. The monoisotopic (exact) mass is 271 g/mol. The molecule has 68 valence electrons. The van der Waals surface area contributed by atoms with Gasteiger partial charge in [-0.15, -0.1) is 0 Å². The average molecular weight is 271 g/mol. The summed E-state index contributed by atoms with van der Waals surface area (Å²) in [4.78, 5) is 0. The molecule has 0 rings (SSSR count). The van der Waals surface area contributed by atoms with Crippen LogP contribution >= 0.6 is 22.9 Å². The van der Waals surface area contributed by atoms with Crippen LogP contribution in [0, 0.1) is 11.8 Å². The molecule has 1 N–H and O–H groups in total. The van der Waals surface area contributed by atoms with Crippen molar-refractivity contribution in [3.63, 3.8) is 0 Å². The van der Waals surface area contributed by atoms with Crippen molar-refractivity contribution in [2.75, 3.05) is 7.05 Å². The molecule has 0 aliphatic carbocycles. The minimum Gasteiger partial charge on any atom is -0.378 e. The smallest absolute Gasteiger partial charge is 0.115 e. The van der Waals surface area contributed by atoms with Gasteiger partial charge >= 0.3 is 0 Å². The van der Waals surface area contributed by atoms with E-state index in [4.69, 9.17) is 0 Å². The lowest BCUT2D eigenvalue weighted by molar-refractivity contribution is 0.0659. The fraction of sp³-hybridized carbons (Fsp3) is 1.00. The van der Waals surface area contributed by atoms with Gasteiger partial charge < -0.3 is 5.11 Å². The zero-order chi connectivity index (χ0) is 9.02. The quantitative estimate of drug-likeness (QED) is 0.481. The van der Waals surface area contributed by atoms with Crippen molar-refractivity contribution in [1.29, 1.82) is 0 Å². The molecular formula is C8H18INO. The summed E-state index contributed by atoms with van der Waals surface area (Å²) in [7, 11) is 1.89. The molecule has 0 aromatic carbocycles. The van der Waals surface area contributed by atoms with Crippen LogP contribution in [0.3, 0.4) is 0 Å². The summed E-state index contributed by atoms with van der Waals surface area (Å²) < 4.78 is 1.82. The summed E-state index contributed by atoms with van der Waals surface area (Å²) in [5.41, 5.74) is 0. The maximum atomic E-state index is 9.46. The van der Waals surface area contributed by atoms with E-state index in [0.717, 1.165) is 6.42 Å². The van der Waals surface area contributed by atoms with Crippen LogP contribution in [0.4, 0.5) is 0 Å². The first-order valence-corrected chi connectivity index (χ1v) is 4.98. The van der Waals surface area contributed by atoms with Gasteiger partial charge in [0.1, 0.15) is 6.23 Å². The molecule has 0 aliphatic heterocycles. The first-order valence-electron chi connectivity index (χ1n) is 4.01. The van der Waals surface area contributed by atoms with E-state index in [1.54, 1.807) is 0 Å². The van der Waals surface area contributed by atoms with Gasteiger partial charge in [-0.25, -0.2) is 3.11 Å². The summed E-state index contributed by atoms with van der Waals surface area (Å²) in [6, 6.07) is 0. The number of aliphatic hydroxyl groups is 1. The van der Waals surface area contributed by atoms with E-state index in [1.165, 1.54) is 0 Å². The maximum Gasteiger partial charge on any atom is 0.115 e. The van der Waals surface area contributed by atoms with Crippen LogP contribution in [-0.4, -0.2) is 21.5 Å². The van der Waals surface area contributed by atoms with Crippen LogP contribution in [0.1, 0.15) is 27.2 Å². The van der Waals surface area contributed by atoms with E-state index in [0.29, 0.717) is 11.8 Å². The largest absolute Gasteiger partial charge is 0.378 e. The van der Waals surface area contributed by atoms with Crippen LogP contribution < -0.4 is 0 Å². The summed E-state index contributed by atoms with van der Waals surface area (Å²) in [5, 5.41) is 9.46. The second-order valence-corrected chi connectivity index (χ2v) is 4.98. The molecule has 3 heteroatoms. The molecule has 0 aliphatic rings. The normalized spacial score (nSPS) is 17.5. The second-order valence-electron chi connectivity index (χ2n) is 3.46. The topological polar surface area (TPSA) is 23.5 Å². The Balaban J connectivity index is 3.66. The highest BCUT2D eigenvalue weighted by atomic mass is 127. The van der Waals surface area contributed by atoms with Crippen molar-refractivity contribution in [2.24, 2.45) is 11.8 Å². The van der Waals surface area contributed by atoms with Crippen LogP contribution in [-0.2, 0) is 0 Å². The predicted octanol–water partition coefficient (Wildman–Crippen LogP) is 2.27. The minimum atomic E-state index is -0.298. The Morgan fingerprint density at radius 1 is 1.36 bits per heavy atom. The van der Waals surface area contributed by atoms with Gasteiger partial charge in [0, 0.05) is 22.9 Å². The van der Waals surface area contributed by atoms with Crippen molar-refractivity contribution in [3.05, 3.63) is 0 Å². The lowest BCUT2D eigenvalue weighted by atomic mass is 9.94. The Bertz CT molecular complexity index is 94.3. The van der Waals surface area contributed by atoms with Gasteiger partial charge in [-0.2, -0.15) is 0 Å². The van der Waals surface area contributed by atoms with E-state index in [1.807, 2.05) is 10.2 Å². The number of nitrogens with zero attached hydrogens (tertiary/aromatic N) is 1. The highest BCUT2D eigenvalue weighted by molar-refractivity contribution is 14.1. The van der Waals surface area contributed by atoms with E-state index in [2.05, 4.69) is 43.6 Å². The third kappa shape index (κ3) is 4.98. The lowest BCUT2D eigenvalue weighted by Gasteiger charge is -2.22. The molecule has 0 aromatic rings. The van der Waals surface area contributed by atoms with E-state index in [9.17, 15) is 5.11 Å². The summed E-state index contributed by atoms with van der Waals surface area (Å²) in [6.07, 6.45) is 0.560. The van der Waals surface area contributed by atoms with Crippen molar-refractivity contribution >= 4 is 22.9 Å². The third-order valence-corrected chi connectivity index (χ3v) is 2.77. The Kier molecular flexibility index (Phi) is 5.64. The molecule has 0 bridgehead atoms. The van der Waals surface area contributed by atoms with E-state index in [-0.39, 0.29) is 6.23 Å². The molecule has 1 unspecified atom stereocenters. The third-order valence-electron chi connectivity index (χ3n) is 2.13. The number of hydrogen-bond donors (Lipinski definition) is 1. The summed E-state index contributed by atoms with van der Waals surface area (Å²) >= 11 is 2.11. The van der Waals surface area contributed by atoms with Crippen LogP contribution in [0.15, 0.2) is 0 Å². The molecule has 0 amide bonds. The molecule has 2 nitrogen and oxygen atoms in total. The Labute approximate surface area is 83.5 Å². The maximum absolute atomic E-state index is 9.46. The predicted molar refractivity (Wildman–Crippen MR) is 56.4 cm³/mol. The molecule has 0 fully saturated rings. The lowest BCUT2D eigenvalue weighted by Crippen LogP contribution is -2.25. The number of hydrogen-bond acceptors (Lipinski definition) is 2. The van der Waals surface area contributed by atoms with Crippen LogP contribution in [0.25, 0.3) is 0 Å². The zero-order valence-electron chi connectivity index (χ0n) is 7.71. The van der Waals surface area contributed by atoms with Gasteiger partial charge in [0.25, 0.3) is 0 Å². The number of aliphatic hydroxyl groups excluding tert-OH is 1. The number of rotatable bonds is 4. The van der Waals surface area contributed by atoms with Gasteiger partial charge in [-0.05, 0) is 25.3 Å². The number of halogens is 1. The highest BCUT2D eigenvalue weighted by Crippen LogP contribution is 2.18. The summed E-state index contributed by atoms with van der Waals surface area (Å²) in [6.45, 7) is 6.54. The van der Waals surface area contributed by atoms with Crippen LogP contribution in [0.5, 0.6) is 0 Å². The van der Waals surface area contributed by atoms with Gasteiger partial charge in [0.2, 0.25) is 0 Å². The van der Waals surface area contributed by atoms with Gasteiger partial charge in [-0.3, -0.25) is 0 Å². The highest BCUT2D eigenvalue weighted by Gasteiger charge is 2.14. The Hall–Kier alpha value is 0.650. The van der Waals surface area contributed by atoms with Crippen molar-refractivity contribution in [3.8, 4) is 0 Å². The Morgan fingerprint density at radius 2 is 1.82 bits per heavy atom. The van der Waals surface area contributed by atoms with E-state index >= 15 is 0 Å². The molecule has 0 spiro atoms. The SMILES string of the molecule is CC(C)C(C)C[C@H](O)N(C)I. The average Bonchev–Trinajstić information content (AvgIpc) is 1.87. The van der Waals surface area contributed by atoms with Gasteiger partial charge in [-0.1, -0.05) is 20.8 Å². The van der Waals surface area contributed by atoms with E-state index < -0.39 is 0 Å². The molecule has 2 atom stereocenters. The first-order chi connectivity index (χ1) is 4.95. The Morgan fingerprint density at radius 3 is 2.09 bits per heavy atom. The zero-order valence-corrected chi connectivity index (χ0v) is 9.87. The van der Waals surface area contributed by atoms with Crippen molar-refractivity contribution < 1.29 is 5.11 Å². The molecule has 0 aromatic heterocycles. The molecule has 0 saturated heterocycles. The molecular weight excluding hydrogens is 253 g/mol. The summed E-state index contributed by atoms with van der Waals surface area (Å²) in [5.74, 6) is 1.24. The van der Waals surface area contributed by atoms with Gasteiger partial charge in [0.15, 0.2) is 0 Å². The molecule has 0 radical (unpaired) electrons. The van der Waals surface area contributed by atoms with Crippen LogP contribution in [0.2, 0.25) is 0 Å². The van der Waals surface area contributed by atoms with Crippen molar-refractivity contribution in [1.82, 2.24) is 3.11 Å². The van der Waals surface area contributed by atoms with Crippen molar-refractivity contribution in [2.45, 2.75) is 33.4 Å². The second kappa shape index (κ2) is 5.32. The molecule has 11 heavy (non-hydrogen) atoms.